The first-order chi connectivity index (χ1) is 14.6. The average Bonchev–Trinajstić information content (AvgIpc) is 2.76. The Morgan fingerprint density at radius 2 is 1.87 bits per heavy atom. The molecule has 0 aromatic heterocycles. The van der Waals surface area contributed by atoms with Crippen molar-refractivity contribution in [2.24, 2.45) is 4.99 Å². The standard InChI is InChI=1S/C22H37N5O3/c1-5-30-21-17-19(8-9-20(21)29-4)7-6-10-24-22(23-3)25-11-12-26-13-15-27(16-14-26)18(2)28/h8-9,17H,5-7,10-16H2,1-4H3,(H2,23,24,25). The molecule has 0 saturated carbocycles. The van der Waals surface area contributed by atoms with Crippen molar-refractivity contribution in [1.29, 1.82) is 0 Å². The summed E-state index contributed by atoms with van der Waals surface area (Å²) < 4.78 is 11.0. The third-order valence-electron chi connectivity index (χ3n) is 5.22. The number of aliphatic imine (C=N–C) groups is 1. The molecule has 1 saturated heterocycles. The first-order valence-corrected chi connectivity index (χ1v) is 10.8. The van der Waals surface area contributed by atoms with Gasteiger partial charge in [-0.1, -0.05) is 6.07 Å². The number of ether oxygens (including phenoxy) is 2. The summed E-state index contributed by atoms with van der Waals surface area (Å²) >= 11 is 0. The Balaban J connectivity index is 1.64. The number of rotatable bonds is 10. The van der Waals surface area contributed by atoms with Crippen LogP contribution in [0.25, 0.3) is 0 Å². The minimum Gasteiger partial charge on any atom is -0.493 e. The van der Waals surface area contributed by atoms with E-state index in [1.54, 1.807) is 21.1 Å². The van der Waals surface area contributed by atoms with Crippen LogP contribution in [-0.2, 0) is 11.2 Å². The molecule has 1 aromatic rings. The molecule has 30 heavy (non-hydrogen) atoms. The minimum atomic E-state index is 0.168. The zero-order chi connectivity index (χ0) is 21.8. The van der Waals surface area contributed by atoms with Gasteiger partial charge in [0.2, 0.25) is 5.91 Å². The lowest BCUT2D eigenvalue weighted by molar-refractivity contribution is -0.130. The van der Waals surface area contributed by atoms with E-state index in [1.165, 1.54) is 5.56 Å². The van der Waals surface area contributed by atoms with Crippen LogP contribution >= 0.6 is 0 Å². The highest BCUT2D eigenvalue weighted by Gasteiger charge is 2.17. The van der Waals surface area contributed by atoms with Crippen LogP contribution in [0.15, 0.2) is 23.2 Å². The molecule has 1 amide bonds. The number of hydrogen-bond donors (Lipinski definition) is 2. The Hall–Kier alpha value is -2.48. The first kappa shape index (κ1) is 23.8. The van der Waals surface area contributed by atoms with Gasteiger partial charge < -0.3 is 25.0 Å². The molecule has 0 spiro atoms. The van der Waals surface area contributed by atoms with Crippen LogP contribution in [-0.4, -0.2) is 88.2 Å². The van der Waals surface area contributed by atoms with E-state index in [4.69, 9.17) is 9.47 Å². The van der Waals surface area contributed by atoms with E-state index in [0.717, 1.165) is 76.1 Å². The Bertz CT molecular complexity index is 687. The monoisotopic (exact) mass is 419 g/mol. The highest BCUT2D eigenvalue weighted by Crippen LogP contribution is 2.28. The smallest absolute Gasteiger partial charge is 0.219 e. The molecule has 8 heteroatoms. The maximum atomic E-state index is 11.4. The summed E-state index contributed by atoms with van der Waals surface area (Å²) in [4.78, 5) is 20.0. The Labute approximate surface area is 180 Å². The third kappa shape index (κ3) is 7.74. The van der Waals surface area contributed by atoms with E-state index in [-0.39, 0.29) is 5.91 Å². The van der Waals surface area contributed by atoms with E-state index in [9.17, 15) is 4.79 Å². The lowest BCUT2D eigenvalue weighted by Crippen LogP contribution is -2.50. The minimum absolute atomic E-state index is 0.168. The summed E-state index contributed by atoms with van der Waals surface area (Å²) in [7, 11) is 3.45. The normalized spacial score (nSPS) is 15.1. The molecule has 1 fully saturated rings. The summed E-state index contributed by atoms with van der Waals surface area (Å²) in [6, 6.07) is 6.10. The summed E-state index contributed by atoms with van der Waals surface area (Å²) in [6.45, 7) is 10.3. The zero-order valence-electron chi connectivity index (χ0n) is 18.9. The van der Waals surface area contributed by atoms with Gasteiger partial charge in [-0.15, -0.1) is 0 Å². The fraction of sp³-hybridized carbons (Fsp3) is 0.636. The molecule has 0 radical (unpaired) electrons. The van der Waals surface area contributed by atoms with E-state index in [0.29, 0.717) is 6.61 Å². The first-order valence-electron chi connectivity index (χ1n) is 10.8. The van der Waals surface area contributed by atoms with Gasteiger partial charge in [-0.25, -0.2) is 0 Å². The maximum Gasteiger partial charge on any atom is 0.219 e. The van der Waals surface area contributed by atoms with Gasteiger partial charge in [-0.3, -0.25) is 14.7 Å². The van der Waals surface area contributed by atoms with Crippen molar-refractivity contribution in [1.82, 2.24) is 20.4 Å². The van der Waals surface area contributed by atoms with Crippen LogP contribution in [0.1, 0.15) is 25.8 Å². The predicted octanol–water partition coefficient (Wildman–Crippen LogP) is 1.36. The number of piperazine rings is 1. The lowest BCUT2D eigenvalue weighted by atomic mass is 10.1. The van der Waals surface area contributed by atoms with Gasteiger partial charge in [0.15, 0.2) is 17.5 Å². The molecule has 8 nitrogen and oxygen atoms in total. The number of nitrogens with zero attached hydrogens (tertiary/aromatic N) is 3. The number of carbonyl (C=O) groups is 1. The molecule has 1 heterocycles. The molecule has 0 aliphatic carbocycles. The van der Waals surface area contributed by atoms with Gasteiger partial charge in [0.1, 0.15) is 0 Å². The SMILES string of the molecule is CCOc1cc(CCCNC(=NC)NCCN2CCN(C(C)=O)CC2)ccc1OC. The topological polar surface area (TPSA) is 78.4 Å². The highest BCUT2D eigenvalue weighted by molar-refractivity contribution is 5.79. The number of nitrogens with one attached hydrogen (secondary N) is 2. The van der Waals surface area contributed by atoms with Crippen molar-refractivity contribution >= 4 is 11.9 Å². The fourth-order valence-corrected chi connectivity index (χ4v) is 3.48. The van der Waals surface area contributed by atoms with Gasteiger partial charge in [-0.05, 0) is 37.5 Å². The van der Waals surface area contributed by atoms with Gasteiger partial charge in [0.25, 0.3) is 0 Å². The fourth-order valence-electron chi connectivity index (χ4n) is 3.48. The molecule has 2 N–H and O–H groups in total. The van der Waals surface area contributed by atoms with Gasteiger partial charge >= 0.3 is 0 Å². The molecule has 1 aromatic carbocycles. The second-order valence-electron chi connectivity index (χ2n) is 7.30. The number of methoxy groups -OCH3 is 1. The summed E-state index contributed by atoms with van der Waals surface area (Å²) in [5.41, 5.74) is 1.23. The van der Waals surface area contributed by atoms with E-state index in [1.807, 2.05) is 17.9 Å². The Morgan fingerprint density at radius 3 is 2.50 bits per heavy atom. The second-order valence-corrected chi connectivity index (χ2v) is 7.30. The lowest BCUT2D eigenvalue weighted by Gasteiger charge is -2.34. The molecule has 0 atom stereocenters. The number of hydrogen-bond acceptors (Lipinski definition) is 5. The van der Waals surface area contributed by atoms with Crippen LogP contribution in [0.4, 0.5) is 0 Å². The summed E-state index contributed by atoms with van der Waals surface area (Å²) in [5.74, 6) is 2.56. The summed E-state index contributed by atoms with van der Waals surface area (Å²) in [6.07, 6.45) is 1.94. The predicted molar refractivity (Wildman–Crippen MR) is 121 cm³/mol. The van der Waals surface area contributed by atoms with Crippen molar-refractivity contribution < 1.29 is 14.3 Å². The largest absolute Gasteiger partial charge is 0.493 e. The second kappa shape index (κ2) is 13.0. The van der Waals surface area contributed by atoms with Gasteiger partial charge in [0.05, 0.1) is 13.7 Å². The van der Waals surface area contributed by atoms with E-state index >= 15 is 0 Å². The van der Waals surface area contributed by atoms with Crippen LogP contribution < -0.4 is 20.1 Å². The van der Waals surface area contributed by atoms with Crippen molar-refractivity contribution in [3.63, 3.8) is 0 Å². The average molecular weight is 420 g/mol. The van der Waals surface area contributed by atoms with Crippen molar-refractivity contribution in [2.75, 3.05) is 66.6 Å². The maximum absolute atomic E-state index is 11.4. The molecular weight excluding hydrogens is 382 g/mol. The molecular formula is C22H37N5O3. The highest BCUT2D eigenvalue weighted by atomic mass is 16.5. The quantitative estimate of drug-likeness (QED) is 0.339. The van der Waals surface area contributed by atoms with Crippen LogP contribution in [0, 0.1) is 0 Å². The molecule has 1 aliphatic rings. The van der Waals surface area contributed by atoms with Crippen molar-refractivity contribution in [3.05, 3.63) is 23.8 Å². The van der Waals surface area contributed by atoms with E-state index < -0.39 is 0 Å². The van der Waals surface area contributed by atoms with Crippen LogP contribution in [0.2, 0.25) is 0 Å². The number of benzene rings is 1. The number of amides is 1. The summed E-state index contributed by atoms with van der Waals surface area (Å²) in [5, 5.41) is 6.74. The van der Waals surface area contributed by atoms with Crippen molar-refractivity contribution in [3.8, 4) is 11.5 Å². The number of guanidine groups is 1. The molecule has 1 aliphatic heterocycles. The number of aryl methyl sites for hydroxylation is 1. The van der Waals surface area contributed by atoms with Crippen molar-refractivity contribution in [2.45, 2.75) is 26.7 Å². The third-order valence-corrected chi connectivity index (χ3v) is 5.22. The Morgan fingerprint density at radius 1 is 1.13 bits per heavy atom. The molecule has 0 unspecified atom stereocenters. The van der Waals surface area contributed by atoms with Crippen LogP contribution in [0.5, 0.6) is 11.5 Å². The Kier molecular flexibility index (Phi) is 10.3. The van der Waals surface area contributed by atoms with Gasteiger partial charge in [0, 0.05) is 59.8 Å². The van der Waals surface area contributed by atoms with Gasteiger partial charge in [-0.2, -0.15) is 0 Å². The molecule has 2 rings (SSSR count). The van der Waals surface area contributed by atoms with Crippen LogP contribution in [0.3, 0.4) is 0 Å². The zero-order valence-corrected chi connectivity index (χ0v) is 18.9. The van der Waals surface area contributed by atoms with E-state index in [2.05, 4.69) is 32.7 Å². The molecule has 0 bridgehead atoms. The number of carbonyl (C=O) groups excluding carboxylic acids is 1. The molecule has 168 valence electrons.